The van der Waals surface area contributed by atoms with Crippen LogP contribution in [0.3, 0.4) is 0 Å². The molecule has 0 radical (unpaired) electrons. The average Bonchev–Trinajstić information content (AvgIpc) is 3.13. The zero-order valence-corrected chi connectivity index (χ0v) is 15.3. The summed E-state index contributed by atoms with van der Waals surface area (Å²) in [6, 6.07) is 20.7. The molecule has 4 rings (SSSR count). The first-order chi connectivity index (χ1) is 13.7. The van der Waals surface area contributed by atoms with Crippen molar-refractivity contribution in [1.82, 2.24) is 20.1 Å². The minimum absolute atomic E-state index is 0.104. The van der Waals surface area contributed by atoms with Crippen LogP contribution in [0.25, 0.3) is 22.2 Å². The second kappa shape index (κ2) is 7.92. The first kappa shape index (κ1) is 17.7. The van der Waals surface area contributed by atoms with Gasteiger partial charge in [0.1, 0.15) is 6.54 Å². The quantitative estimate of drug-likeness (QED) is 0.546. The number of para-hydroxylation sites is 1. The molecule has 0 bridgehead atoms. The van der Waals surface area contributed by atoms with E-state index in [0.717, 1.165) is 22.0 Å². The van der Waals surface area contributed by atoms with Crippen LogP contribution in [0.4, 0.5) is 0 Å². The van der Waals surface area contributed by atoms with Crippen LogP contribution in [-0.4, -0.2) is 27.2 Å². The molecule has 0 unspecified atom stereocenters. The first-order valence-electron chi connectivity index (χ1n) is 9.16. The normalized spacial score (nSPS) is 10.9. The van der Waals surface area contributed by atoms with Crippen LogP contribution in [-0.2, 0) is 17.8 Å². The maximum absolute atomic E-state index is 12.3. The van der Waals surface area contributed by atoms with Gasteiger partial charge in [-0.25, -0.2) is 4.68 Å². The molecule has 6 nitrogen and oxygen atoms in total. The molecule has 28 heavy (non-hydrogen) atoms. The number of aromatic nitrogens is 3. The number of carbonyl (C=O) groups excluding carboxylic acids is 1. The van der Waals surface area contributed by atoms with Gasteiger partial charge in [-0.05, 0) is 24.1 Å². The van der Waals surface area contributed by atoms with Crippen molar-refractivity contribution >= 4 is 16.8 Å². The van der Waals surface area contributed by atoms with E-state index in [1.54, 1.807) is 6.07 Å². The second-order valence-corrected chi connectivity index (χ2v) is 6.54. The summed E-state index contributed by atoms with van der Waals surface area (Å²) in [7, 11) is 0. The van der Waals surface area contributed by atoms with Crippen molar-refractivity contribution in [3.05, 3.63) is 88.8 Å². The molecule has 2 N–H and O–H groups in total. The maximum atomic E-state index is 12.3. The number of rotatable bonds is 6. The number of amides is 1. The van der Waals surface area contributed by atoms with Gasteiger partial charge in [-0.1, -0.05) is 48.5 Å². The number of benzene rings is 2. The van der Waals surface area contributed by atoms with Gasteiger partial charge in [0.2, 0.25) is 5.91 Å². The third-order valence-electron chi connectivity index (χ3n) is 4.62. The van der Waals surface area contributed by atoms with Crippen molar-refractivity contribution in [2.75, 3.05) is 6.54 Å². The Labute approximate surface area is 161 Å². The van der Waals surface area contributed by atoms with Crippen LogP contribution >= 0.6 is 0 Å². The number of aromatic amines is 1. The second-order valence-electron chi connectivity index (χ2n) is 6.54. The Morgan fingerprint density at radius 2 is 1.79 bits per heavy atom. The fourth-order valence-corrected chi connectivity index (χ4v) is 3.19. The number of hydrogen-bond donors (Lipinski definition) is 2. The number of H-pyrrole nitrogens is 1. The standard InChI is InChI=1S/C22H20N4O2/c27-21(23-13-12-17-14-24-20-9-5-4-8-18(17)20)15-26-22(28)11-10-19(25-26)16-6-2-1-3-7-16/h1-11,14,24H,12-13,15H2,(H,23,27). The molecule has 0 aliphatic heterocycles. The molecule has 0 aliphatic rings. The predicted octanol–water partition coefficient (Wildman–Crippen LogP) is 2.75. The minimum Gasteiger partial charge on any atom is -0.361 e. The Morgan fingerprint density at radius 3 is 2.64 bits per heavy atom. The van der Waals surface area contributed by atoms with Gasteiger partial charge in [-0.2, -0.15) is 5.10 Å². The fraction of sp³-hybridized carbons (Fsp3) is 0.136. The molecule has 2 aromatic heterocycles. The number of nitrogens with zero attached hydrogens (tertiary/aromatic N) is 2. The third kappa shape index (κ3) is 3.86. The lowest BCUT2D eigenvalue weighted by molar-refractivity contribution is -0.121. The Morgan fingerprint density at radius 1 is 1.00 bits per heavy atom. The number of hydrogen-bond acceptors (Lipinski definition) is 3. The summed E-state index contributed by atoms with van der Waals surface area (Å²) in [6.07, 6.45) is 2.67. The fourth-order valence-electron chi connectivity index (χ4n) is 3.19. The molecule has 2 heterocycles. The zero-order valence-electron chi connectivity index (χ0n) is 15.3. The summed E-state index contributed by atoms with van der Waals surface area (Å²) in [6.45, 7) is 0.390. The van der Waals surface area contributed by atoms with Gasteiger partial charge in [0, 0.05) is 35.3 Å². The van der Waals surface area contributed by atoms with Crippen molar-refractivity contribution in [2.24, 2.45) is 0 Å². The highest BCUT2D eigenvalue weighted by atomic mass is 16.2. The van der Waals surface area contributed by atoms with Gasteiger partial charge in [0.25, 0.3) is 5.56 Å². The van der Waals surface area contributed by atoms with Crippen molar-refractivity contribution in [3.63, 3.8) is 0 Å². The Hall–Kier alpha value is -3.67. The van der Waals surface area contributed by atoms with Gasteiger partial charge in [-0.3, -0.25) is 9.59 Å². The van der Waals surface area contributed by atoms with Crippen LogP contribution in [0.15, 0.2) is 77.7 Å². The molecule has 0 atom stereocenters. The average molecular weight is 372 g/mol. The van der Waals surface area contributed by atoms with Gasteiger partial charge < -0.3 is 10.3 Å². The third-order valence-corrected chi connectivity index (χ3v) is 4.62. The van der Waals surface area contributed by atoms with Crippen LogP contribution in [0.5, 0.6) is 0 Å². The highest BCUT2D eigenvalue weighted by Crippen LogP contribution is 2.17. The highest BCUT2D eigenvalue weighted by molar-refractivity contribution is 5.83. The van der Waals surface area contributed by atoms with Gasteiger partial charge >= 0.3 is 0 Å². The summed E-state index contributed by atoms with van der Waals surface area (Å²) >= 11 is 0. The Balaban J connectivity index is 1.39. The molecule has 0 saturated heterocycles. The van der Waals surface area contributed by atoms with E-state index in [2.05, 4.69) is 21.5 Å². The topological polar surface area (TPSA) is 79.8 Å². The predicted molar refractivity (Wildman–Crippen MR) is 109 cm³/mol. The van der Waals surface area contributed by atoms with E-state index in [0.29, 0.717) is 18.7 Å². The lowest BCUT2D eigenvalue weighted by Crippen LogP contribution is -2.34. The summed E-state index contributed by atoms with van der Waals surface area (Å²) < 4.78 is 1.20. The zero-order chi connectivity index (χ0) is 19.3. The van der Waals surface area contributed by atoms with Crippen molar-refractivity contribution in [3.8, 4) is 11.3 Å². The van der Waals surface area contributed by atoms with Gasteiger partial charge in [0.05, 0.1) is 5.69 Å². The van der Waals surface area contributed by atoms with E-state index in [-0.39, 0.29) is 18.0 Å². The van der Waals surface area contributed by atoms with Gasteiger partial charge in [-0.15, -0.1) is 0 Å². The van der Waals surface area contributed by atoms with Crippen LogP contribution in [0.1, 0.15) is 5.56 Å². The smallest absolute Gasteiger partial charge is 0.267 e. The van der Waals surface area contributed by atoms with Crippen molar-refractivity contribution in [1.29, 1.82) is 0 Å². The van der Waals surface area contributed by atoms with Crippen LogP contribution < -0.4 is 10.9 Å². The summed E-state index contributed by atoms with van der Waals surface area (Å²) in [5.74, 6) is -0.236. The summed E-state index contributed by atoms with van der Waals surface area (Å²) in [5.41, 5.74) is 3.49. The van der Waals surface area contributed by atoms with E-state index >= 15 is 0 Å². The van der Waals surface area contributed by atoms with Gasteiger partial charge in [0.15, 0.2) is 0 Å². The number of fused-ring (bicyclic) bond motifs is 1. The summed E-state index contributed by atoms with van der Waals surface area (Å²) in [5, 5.41) is 8.35. The minimum atomic E-state index is -0.300. The lowest BCUT2D eigenvalue weighted by Gasteiger charge is -2.08. The maximum Gasteiger partial charge on any atom is 0.267 e. The Kier molecular flexibility index (Phi) is 5.01. The molecule has 0 spiro atoms. The van der Waals surface area contributed by atoms with Crippen LogP contribution in [0, 0.1) is 0 Å². The molecule has 1 amide bonds. The SMILES string of the molecule is O=C(Cn1nc(-c2ccccc2)ccc1=O)NCCc1c[nH]c2ccccc12. The number of nitrogens with one attached hydrogen (secondary N) is 2. The van der Waals surface area contributed by atoms with E-state index in [4.69, 9.17) is 0 Å². The monoisotopic (exact) mass is 372 g/mol. The molecule has 140 valence electrons. The first-order valence-corrected chi connectivity index (χ1v) is 9.16. The highest BCUT2D eigenvalue weighted by Gasteiger charge is 2.09. The van der Waals surface area contributed by atoms with Crippen LogP contribution in [0.2, 0.25) is 0 Å². The molecule has 0 aliphatic carbocycles. The van der Waals surface area contributed by atoms with E-state index in [1.807, 2.05) is 54.7 Å². The molecule has 2 aromatic carbocycles. The molecule has 6 heteroatoms. The number of carbonyl (C=O) groups is 1. The van der Waals surface area contributed by atoms with E-state index < -0.39 is 0 Å². The van der Waals surface area contributed by atoms with Crippen molar-refractivity contribution < 1.29 is 4.79 Å². The molecular formula is C22H20N4O2. The van der Waals surface area contributed by atoms with E-state index in [9.17, 15) is 9.59 Å². The molecular weight excluding hydrogens is 352 g/mol. The Bertz CT molecular complexity index is 1160. The van der Waals surface area contributed by atoms with Crippen molar-refractivity contribution in [2.45, 2.75) is 13.0 Å². The lowest BCUT2D eigenvalue weighted by atomic mass is 10.1. The molecule has 0 fully saturated rings. The summed E-state index contributed by atoms with van der Waals surface area (Å²) in [4.78, 5) is 27.6. The molecule has 0 saturated carbocycles. The largest absolute Gasteiger partial charge is 0.361 e. The van der Waals surface area contributed by atoms with E-state index in [1.165, 1.54) is 10.7 Å². The molecule has 4 aromatic rings.